The van der Waals surface area contributed by atoms with E-state index in [-0.39, 0.29) is 5.82 Å². The Morgan fingerprint density at radius 3 is 2.41 bits per heavy atom. The molecular formula is C21H30FN7. The van der Waals surface area contributed by atoms with Crippen molar-refractivity contribution < 1.29 is 4.39 Å². The van der Waals surface area contributed by atoms with Crippen LogP contribution in [0.1, 0.15) is 19.3 Å². The zero-order chi connectivity index (χ0) is 20.1. The van der Waals surface area contributed by atoms with Crippen LogP contribution in [0.3, 0.4) is 0 Å². The van der Waals surface area contributed by atoms with Crippen LogP contribution < -0.4 is 20.9 Å². The molecule has 3 N–H and O–H groups in total. The van der Waals surface area contributed by atoms with Gasteiger partial charge in [0.15, 0.2) is 11.6 Å². The number of piperazine rings is 1. The molecule has 7 nitrogen and oxygen atoms in total. The van der Waals surface area contributed by atoms with Gasteiger partial charge in [-0.05, 0) is 38.1 Å². The molecule has 3 heterocycles. The zero-order valence-electron chi connectivity index (χ0n) is 16.9. The molecule has 2 aliphatic heterocycles. The van der Waals surface area contributed by atoms with Crippen molar-refractivity contribution in [3.05, 3.63) is 36.4 Å². The first kappa shape index (κ1) is 19.7. The molecule has 2 saturated heterocycles. The van der Waals surface area contributed by atoms with Gasteiger partial charge in [-0.1, -0.05) is 18.6 Å². The third-order valence-electron chi connectivity index (χ3n) is 5.80. The summed E-state index contributed by atoms with van der Waals surface area (Å²) in [5.41, 5.74) is 7.63. The zero-order valence-corrected chi connectivity index (χ0v) is 16.9. The maximum absolute atomic E-state index is 14.1. The number of nitrogens with one attached hydrogen (secondary N) is 1. The van der Waals surface area contributed by atoms with E-state index in [0.29, 0.717) is 17.2 Å². The molecular weight excluding hydrogens is 369 g/mol. The van der Waals surface area contributed by atoms with E-state index in [0.717, 1.165) is 45.1 Å². The van der Waals surface area contributed by atoms with E-state index in [2.05, 4.69) is 30.0 Å². The third-order valence-corrected chi connectivity index (χ3v) is 5.80. The number of benzene rings is 1. The first-order chi connectivity index (χ1) is 14.2. The summed E-state index contributed by atoms with van der Waals surface area (Å²) < 4.78 is 14.1. The van der Waals surface area contributed by atoms with Gasteiger partial charge in [0.2, 0.25) is 0 Å². The number of hydrogen-bond acceptors (Lipinski definition) is 7. The van der Waals surface area contributed by atoms with Crippen LogP contribution in [0.15, 0.2) is 30.6 Å². The second-order valence-electron chi connectivity index (χ2n) is 7.71. The minimum Gasteiger partial charge on any atom is -0.393 e. The molecule has 0 spiro atoms. The van der Waals surface area contributed by atoms with Crippen LogP contribution >= 0.6 is 0 Å². The van der Waals surface area contributed by atoms with Crippen LogP contribution in [-0.4, -0.2) is 67.2 Å². The molecule has 0 bridgehead atoms. The van der Waals surface area contributed by atoms with Crippen molar-refractivity contribution in [2.45, 2.75) is 19.3 Å². The summed E-state index contributed by atoms with van der Waals surface area (Å²) >= 11 is 0. The van der Waals surface area contributed by atoms with Crippen molar-refractivity contribution in [3.8, 4) is 0 Å². The SMILES string of the molecule is Nc1c(NCCN2CCCCC2)ncnc1N1CCN(c2ccccc2F)CC1. The van der Waals surface area contributed by atoms with E-state index in [1.165, 1.54) is 38.4 Å². The first-order valence-electron chi connectivity index (χ1n) is 10.5. The maximum atomic E-state index is 14.1. The highest BCUT2D eigenvalue weighted by Crippen LogP contribution is 2.28. The van der Waals surface area contributed by atoms with Crippen LogP contribution in [0, 0.1) is 5.82 Å². The molecule has 1 aromatic heterocycles. The Bertz CT molecular complexity index is 801. The second kappa shape index (κ2) is 9.26. The topological polar surface area (TPSA) is 73.5 Å². The molecule has 0 aliphatic carbocycles. The highest BCUT2D eigenvalue weighted by Gasteiger charge is 2.22. The molecule has 0 unspecified atom stereocenters. The third kappa shape index (κ3) is 4.70. The number of nitrogens with zero attached hydrogens (tertiary/aromatic N) is 5. The quantitative estimate of drug-likeness (QED) is 0.773. The summed E-state index contributed by atoms with van der Waals surface area (Å²) in [5, 5.41) is 3.38. The largest absolute Gasteiger partial charge is 0.393 e. The molecule has 2 fully saturated rings. The molecule has 0 saturated carbocycles. The van der Waals surface area contributed by atoms with Gasteiger partial charge in [0.05, 0.1) is 5.69 Å². The number of likely N-dealkylation sites (tertiary alicyclic amines) is 1. The monoisotopic (exact) mass is 399 g/mol. The predicted octanol–water partition coefficient (Wildman–Crippen LogP) is 2.42. The van der Waals surface area contributed by atoms with E-state index >= 15 is 0 Å². The molecule has 2 aliphatic rings. The van der Waals surface area contributed by atoms with Gasteiger partial charge in [-0.2, -0.15) is 0 Å². The summed E-state index contributed by atoms with van der Waals surface area (Å²) in [5.74, 6) is 1.28. The van der Waals surface area contributed by atoms with E-state index < -0.39 is 0 Å². The lowest BCUT2D eigenvalue weighted by Gasteiger charge is -2.37. The molecule has 0 radical (unpaired) electrons. The smallest absolute Gasteiger partial charge is 0.157 e. The van der Waals surface area contributed by atoms with Gasteiger partial charge < -0.3 is 25.8 Å². The van der Waals surface area contributed by atoms with E-state index in [9.17, 15) is 4.39 Å². The van der Waals surface area contributed by atoms with E-state index in [4.69, 9.17) is 5.73 Å². The Labute approximate surface area is 171 Å². The van der Waals surface area contributed by atoms with Gasteiger partial charge >= 0.3 is 0 Å². The lowest BCUT2D eigenvalue weighted by Crippen LogP contribution is -2.47. The minimum atomic E-state index is -0.178. The molecule has 0 atom stereocenters. The van der Waals surface area contributed by atoms with Gasteiger partial charge in [-0.15, -0.1) is 0 Å². The summed E-state index contributed by atoms with van der Waals surface area (Å²) in [4.78, 5) is 15.5. The number of hydrogen-bond donors (Lipinski definition) is 2. The van der Waals surface area contributed by atoms with Gasteiger partial charge in [0, 0.05) is 39.3 Å². The molecule has 2 aromatic rings. The number of anilines is 4. The van der Waals surface area contributed by atoms with Crippen molar-refractivity contribution in [1.82, 2.24) is 14.9 Å². The Balaban J connectivity index is 1.34. The van der Waals surface area contributed by atoms with Crippen molar-refractivity contribution in [3.63, 3.8) is 0 Å². The van der Waals surface area contributed by atoms with Crippen molar-refractivity contribution in [1.29, 1.82) is 0 Å². The fourth-order valence-corrected chi connectivity index (χ4v) is 4.16. The van der Waals surface area contributed by atoms with E-state index in [1.54, 1.807) is 12.4 Å². The predicted molar refractivity (Wildman–Crippen MR) is 116 cm³/mol. The Kier molecular flexibility index (Phi) is 6.29. The van der Waals surface area contributed by atoms with Crippen LogP contribution in [0.4, 0.5) is 27.4 Å². The number of piperidine rings is 1. The number of rotatable bonds is 6. The first-order valence-corrected chi connectivity index (χ1v) is 10.5. The van der Waals surface area contributed by atoms with Crippen molar-refractivity contribution >= 4 is 23.0 Å². The Hall–Kier alpha value is -2.61. The molecule has 156 valence electrons. The highest BCUT2D eigenvalue weighted by atomic mass is 19.1. The highest BCUT2D eigenvalue weighted by molar-refractivity contribution is 5.75. The van der Waals surface area contributed by atoms with E-state index in [1.807, 2.05) is 12.1 Å². The molecule has 4 rings (SSSR count). The molecule has 1 aromatic carbocycles. The van der Waals surface area contributed by atoms with Crippen LogP contribution in [0.5, 0.6) is 0 Å². The normalized spacial score (nSPS) is 18.1. The van der Waals surface area contributed by atoms with Crippen LogP contribution in [0.2, 0.25) is 0 Å². The fraction of sp³-hybridized carbons (Fsp3) is 0.524. The summed E-state index contributed by atoms with van der Waals surface area (Å²) in [6, 6.07) is 6.92. The molecule has 29 heavy (non-hydrogen) atoms. The average molecular weight is 400 g/mol. The number of nitrogen functional groups attached to an aromatic ring is 1. The summed E-state index contributed by atoms with van der Waals surface area (Å²) in [6.07, 6.45) is 5.49. The summed E-state index contributed by atoms with van der Waals surface area (Å²) in [7, 11) is 0. The number of aromatic nitrogens is 2. The van der Waals surface area contributed by atoms with Crippen molar-refractivity contribution in [2.75, 3.05) is 73.2 Å². The second-order valence-corrected chi connectivity index (χ2v) is 7.71. The Morgan fingerprint density at radius 2 is 1.66 bits per heavy atom. The lowest BCUT2D eigenvalue weighted by molar-refractivity contribution is 0.237. The van der Waals surface area contributed by atoms with Crippen LogP contribution in [-0.2, 0) is 0 Å². The van der Waals surface area contributed by atoms with Gasteiger partial charge in [-0.3, -0.25) is 0 Å². The number of halogens is 1. The number of para-hydroxylation sites is 1. The van der Waals surface area contributed by atoms with Crippen molar-refractivity contribution in [2.24, 2.45) is 0 Å². The average Bonchev–Trinajstić information content (AvgIpc) is 2.76. The molecule has 0 amide bonds. The fourth-order valence-electron chi connectivity index (χ4n) is 4.16. The van der Waals surface area contributed by atoms with Crippen LogP contribution in [0.25, 0.3) is 0 Å². The summed E-state index contributed by atoms with van der Waals surface area (Å²) in [6.45, 7) is 7.11. The van der Waals surface area contributed by atoms with Gasteiger partial charge in [0.25, 0.3) is 0 Å². The minimum absolute atomic E-state index is 0.178. The lowest BCUT2D eigenvalue weighted by atomic mass is 10.1. The maximum Gasteiger partial charge on any atom is 0.157 e. The standard InChI is InChI=1S/C21H30FN7/c22-17-6-2-3-7-18(17)28-12-14-29(15-13-28)21-19(23)20(25-16-26-21)24-8-11-27-9-4-1-5-10-27/h2-3,6-7,16H,1,4-5,8-15,23H2,(H,24,25,26). The number of nitrogens with two attached hydrogens (primary N) is 1. The Morgan fingerprint density at radius 1 is 0.931 bits per heavy atom. The van der Waals surface area contributed by atoms with Gasteiger partial charge in [0.1, 0.15) is 17.8 Å². The molecule has 8 heteroatoms. The van der Waals surface area contributed by atoms with Gasteiger partial charge in [-0.25, -0.2) is 14.4 Å².